The van der Waals surface area contributed by atoms with E-state index in [1.807, 2.05) is 6.07 Å². The molecule has 1 heterocycles. The van der Waals surface area contributed by atoms with E-state index in [0.717, 1.165) is 32.7 Å². The Kier molecular flexibility index (Phi) is 6.19. The van der Waals surface area contributed by atoms with Crippen molar-refractivity contribution in [3.05, 3.63) is 54.1 Å². The maximum absolute atomic E-state index is 11.9. The number of benzene rings is 2. The number of para-hydroxylation sites is 2. The zero-order valence-electron chi connectivity index (χ0n) is 15.9. The van der Waals surface area contributed by atoms with Gasteiger partial charge in [0, 0.05) is 44.5 Å². The fraction of sp³-hybridized carbons (Fsp3) is 0.381. The van der Waals surface area contributed by atoms with Crippen LogP contribution < -0.4 is 10.2 Å². The van der Waals surface area contributed by atoms with Crippen LogP contribution >= 0.6 is 0 Å². The Morgan fingerprint density at radius 2 is 1.81 bits per heavy atom. The number of anilines is 2. The molecule has 2 aromatic carbocycles. The van der Waals surface area contributed by atoms with Gasteiger partial charge >= 0.3 is 5.97 Å². The lowest BCUT2D eigenvalue weighted by atomic mass is 10.1. The highest BCUT2D eigenvalue weighted by Crippen LogP contribution is 2.28. The number of carbonyl (C=O) groups is 1. The molecule has 0 radical (unpaired) electrons. The molecule has 0 saturated carbocycles. The third-order valence-electron chi connectivity index (χ3n) is 4.86. The summed E-state index contributed by atoms with van der Waals surface area (Å²) in [6.45, 7) is 6.81. The van der Waals surface area contributed by atoms with E-state index in [1.165, 1.54) is 12.8 Å². The van der Waals surface area contributed by atoms with Gasteiger partial charge in [0.2, 0.25) is 0 Å². The van der Waals surface area contributed by atoms with Crippen LogP contribution in [-0.4, -0.2) is 61.9 Å². The van der Waals surface area contributed by atoms with Gasteiger partial charge in [-0.05, 0) is 31.2 Å². The Labute approximate surface area is 160 Å². The Morgan fingerprint density at radius 3 is 2.48 bits per heavy atom. The van der Waals surface area contributed by atoms with Crippen LogP contribution in [0.25, 0.3) is 0 Å². The Bertz CT molecular complexity index is 759. The minimum absolute atomic E-state index is 0.0543. The largest absolute Gasteiger partial charge is 0.506 e. The second kappa shape index (κ2) is 8.77. The highest BCUT2D eigenvalue weighted by atomic mass is 16.5. The van der Waals surface area contributed by atoms with Crippen LogP contribution in [0.15, 0.2) is 48.5 Å². The Hall–Kier alpha value is -2.73. The molecule has 27 heavy (non-hydrogen) atoms. The van der Waals surface area contributed by atoms with Crippen molar-refractivity contribution < 1.29 is 14.6 Å². The van der Waals surface area contributed by atoms with Crippen LogP contribution in [-0.2, 0) is 4.74 Å². The number of carbonyl (C=O) groups excluding carboxylic acids is 1. The fourth-order valence-electron chi connectivity index (χ4n) is 3.48. The molecule has 1 fully saturated rings. The normalized spacial score (nSPS) is 16.0. The van der Waals surface area contributed by atoms with E-state index in [-0.39, 0.29) is 11.8 Å². The lowest BCUT2D eigenvalue weighted by Crippen LogP contribution is -2.49. The number of aromatic hydroxyl groups is 1. The number of methoxy groups -OCH3 is 1. The first-order chi connectivity index (χ1) is 13.1. The van der Waals surface area contributed by atoms with E-state index >= 15 is 0 Å². The summed E-state index contributed by atoms with van der Waals surface area (Å²) in [5, 5.41) is 13.4. The van der Waals surface area contributed by atoms with Crippen molar-refractivity contribution in [1.29, 1.82) is 0 Å². The van der Waals surface area contributed by atoms with Crippen molar-refractivity contribution >= 4 is 17.3 Å². The van der Waals surface area contributed by atoms with Crippen molar-refractivity contribution in [2.75, 3.05) is 50.1 Å². The van der Waals surface area contributed by atoms with Crippen molar-refractivity contribution in [1.82, 2.24) is 4.90 Å². The van der Waals surface area contributed by atoms with E-state index in [0.29, 0.717) is 11.3 Å². The number of hydrogen-bond donors (Lipinski definition) is 2. The zero-order chi connectivity index (χ0) is 19.2. The fourth-order valence-corrected chi connectivity index (χ4v) is 3.48. The lowest BCUT2D eigenvalue weighted by Gasteiger charge is -2.37. The molecule has 1 aliphatic rings. The number of esters is 1. The smallest absolute Gasteiger partial charge is 0.340 e. The molecule has 2 aromatic rings. The summed E-state index contributed by atoms with van der Waals surface area (Å²) in [7, 11) is 1.34. The zero-order valence-corrected chi connectivity index (χ0v) is 15.9. The highest BCUT2D eigenvalue weighted by Gasteiger charge is 2.21. The summed E-state index contributed by atoms with van der Waals surface area (Å²) in [6, 6.07) is 15.4. The molecule has 0 spiro atoms. The van der Waals surface area contributed by atoms with E-state index in [1.54, 1.807) is 18.2 Å². The SMILES string of the molecule is COC(=O)c1cccc(O)c1NC(C)CN1CCN(c2ccccc2)CC1. The summed E-state index contributed by atoms with van der Waals surface area (Å²) in [6.07, 6.45) is 0. The summed E-state index contributed by atoms with van der Waals surface area (Å²) in [4.78, 5) is 16.7. The number of nitrogens with one attached hydrogen (secondary N) is 1. The molecule has 6 heteroatoms. The van der Waals surface area contributed by atoms with E-state index < -0.39 is 5.97 Å². The van der Waals surface area contributed by atoms with Gasteiger partial charge in [0.25, 0.3) is 0 Å². The molecule has 6 nitrogen and oxygen atoms in total. The Balaban J connectivity index is 1.57. The molecule has 1 saturated heterocycles. The van der Waals surface area contributed by atoms with E-state index in [9.17, 15) is 9.90 Å². The van der Waals surface area contributed by atoms with Gasteiger partial charge in [-0.25, -0.2) is 4.79 Å². The average Bonchev–Trinajstić information content (AvgIpc) is 2.70. The van der Waals surface area contributed by atoms with Crippen LogP contribution in [0.3, 0.4) is 0 Å². The van der Waals surface area contributed by atoms with Gasteiger partial charge in [-0.1, -0.05) is 24.3 Å². The molecule has 1 aliphatic heterocycles. The van der Waals surface area contributed by atoms with Crippen molar-refractivity contribution in [3.63, 3.8) is 0 Å². The first-order valence-corrected chi connectivity index (χ1v) is 9.27. The third-order valence-corrected chi connectivity index (χ3v) is 4.86. The first-order valence-electron chi connectivity index (χ1n) is 9.27. The summed E-state index contributed by atoms with van der Waals surface area (Å²) in [5.41, 5.74) is 2.04. The number of phenolic OH excluding ortho intramolecular Hbond substituents is 1. The molecular formula is C21H27N3O3. The van der Waals surface area contributed by atoms with Gasteiger partial charge in [0.05, 0.1) is 18.4 Å². The number of nitrogens with zero attached hydrogens (tertiary/aromatic N) is 2. The molecule has 2 N–H and O–H groups in total. The van der Waals surface area contributed by atoms with Crippen LogP contribution in [0.5, 0.6) is 5.75 Å². The van der Waals surface area contributed by atoms with Gasteiger partial charge in [0.1, 0.15) is 5.75 Å². The molecule has 0 bridgehead atoms. The third kappa shape index (κ3) is 4.71. The lowest BCUT2D eigenvalue weighted by molar-refractivity contribution is 0.0601. The molecule has 0 aromatic heterocycles. The Morgan fingerprint density at radius 1 is 1.11 bits per heavy atom. The minimum Gasteiger partial charge on any atom is -0.506 e. The standard InChI is InChI=1S/C21H27N3O3/c1-16(22-20-18(21(26)27-2)9-6-10-19(20)25)15-23-11-13-24(14-12-23)17-7-4-3-5-8-17/h3-10,16,22,25H,11-15H2,1-2H3. The second-order valence-corrected chi connectivity index (χ2v) is 6.86. The van der Waals surface area contributed by atoms with Crippen LogP contribution in [0.4, 0.5) is 11.4 Å². The van der Waals surface area contributed by atoms with Gasteiger partial charge in [0.15, 0.2) is 0 Å². The number of phenols is 1. The molecule has 144 valence electrons. The topological polar surface area (TPSA) is 65.0 Å². The molecule has 0 amide bonds. The average molecular weight is 369 g/mol. The van der Waals surface area contributed by atoms with Gasteiger partial charge in [-0.3, -0.25) is 4.90 Å². The number of rotatable bonds is 6. The summed E-state index contributed by atoms with van der Waals surface area (Å²) < 4.78 is 4.81. The maximum Gasteiger partial charge on any atom is 0.340 e. The van der Waals surface area contributed by atoms with Crippen molar-refractivity contribution in [3.8, 4) is 5.75 Å². The quantitative estimate of drug-likeness (QED) is 0.603. The molecular weight excluding hydrogens is 342 g/mol. The maximum atomic E-state index is 11.9. The number of hydrogen-bond acceptors (Lipinski definition) is 6. The molecule has 0 aliphatic carbocycles. The minimum atomic E-state index is -0.461. The van der Waals surface area contributed by atoms with Gasteiger partial charge in [-0.2, -0.15) is 0 Å². The summed E-state index contributed by atoms with van der Waals surface area (Å²) >= 11 is 0. The van der Waals surface area contributed by atoms with Crippen LogP contribution in [0.1, 0.15) is 17.3 Å². The van der Waals surface area contributed by atoms with Crippen LogP contribution in [0, 0.1) is 0 Å². The predicted molar refractivity (Wildman–Crippen MR) is 108 cm³/mol. The van der Waals surface area contributed by atoms with Crippen LogP contribution in [0.2, 0.25) is 0 Å². The second-order valence-electron chi connectivity index (χ2n) is 6.86. The van der Waals surface area contributed by atoms with Gasteiger partial charge < -0.3 is 20.1 Å². The molecule has 1 atom stereocenters. The van der Waals surface area contributed by atoms with Gasteiger partial charge in [-0.15, -0.1) is 0 Å². The first kappa shape index (κ1) is 19.0. The summed E-state index contributed by atoms with van der Waals surface area (Å²) in [5.74, 6) is -0.407. The number of ether oxygens (including phenoxy) is 1. The highest BCUT2D eigenvalue weighted by molar-refractivity contribution is 5.97. The molecule has 3 rings (SSSR count). The van der Waals surface area contributed by atoms with Crippen molar-refractivity contribution in [2.24, 2.45) is 0 Å². The van der Waals surface area contributed by atoms with Crippen molar-refractivity contribution in [2.45, 2.75) is 13.0 Å². The predicted octanol–water partition coefficient (Wildman–Crippen LogP) is 2.80. The molecule has 1 unspecified atom stereocenters. The number of piperazine rings is 1. The van der Waals surface area contributed by atoms with E-state index in [2.05, 4.69) is 46.3 Å². The monoisotopic (exact) mass is 369 g/mol. The van der Waals surface area contributed by atoms with E-state index in [4.69, 9.17) is 4.74 Å².